The summed E-state index contributed by atoms with van der Waals surface area (Å²) in [7, 11) is 3.74. The van der Waals surface area contributed by atoms with Crippen molar-refractivity contribution < 1.29 is 14.9 Å². The van der Waals surface area contributed by atoms with Gasteiger partial charge >= 0.3 is 0 Å². The van der Waals surface area contributed by atoms with Gasteiger partial charge in [0.05, 0.1) is 6.61 Å². The minimum absolute atomic E-state index is 0.0384. The normalized spacial score (nSPS) is 12.8. The highest BCUT2D eigenvalue weighted by Crippen LogP contribution is 2.27. The Labute approximate surface area is 114 Å². The molecule has 5 heteroatoms. The van der Waals surface area contributed by atoms with Gasteiger partial charge in [-0.1, -0.05) is 6.07 Å². The highest BCUT2D eigenvalue weighted by Gasteiger charge is 2.10. The van der Waals surface area contributed by atoms with Gasteiger partial charge < -0.3 is 25.2 Å². The van der Waals surface area contributed by atoms with Crippen LogP contribution in [-0.4, -0.2) is 55.5 Å². The zero-order valence-corrected chi connectivity index (χ0v) is 11.9. The largest absolute Gasteiger partial charge is 0.508 e. The van der Waals surface area contributed by atoms with Crippen LogP contribution in [0.3, 0.4) is 0 Å². The number of methoxy groups -OCH3 is 1. The van der Waals surface area contributed by atoms with Gasteiger partial charge in [-0.2, -0.15) is 0 Å². The van der Waals surface area contributed by atoms with E-state index in [4.69, 9.17) is 4.74 Å². The molecule has 0 saturated carbocycles. The second kappa shape index (κ2) is 7.99. The van der Waals surface area contributed by atoms with E-state index >= 15 is 0 Å². The summed E-state index contributed by atoms with van der Waals surface area (Å²) >= 11 is 0. The number of aromatic hydroxyl groups is 2. The summed E-state index contributed by atoms with van der Waals surface area (Å²) in [5.74, 6) is 0.195. The molecule has 0 radical (unpaired) electrons. The van der Waals surface area contributed by atoms with Gasteiger partial charge in [0, 0.05) is 44.4 Å². The number of phenols is 2. The van der Waals surface area contributed by atoms with Gasteiger partial charge in [0.2, 0.25) is 0 Å². The molecule has 0 spiro atoms. The van der Waals surface area contributed by atoms with Gasteiger partial charge in [-0.25, -0.2) is 0 Å². The van der Waals surface area contributed by atoms with Crippen molar-refractivity contribution in [3.8, 4) is 11.5 Å². The second-order valence-electron chi connectivity index (χ2n) is 4.72. The average Bonchev–Trinajstić information content (AvgIpc) is 2.36. The third-order valence-electron chi connectivity index (χ3n) is 3.10. The second-order valence-corrected chi connectivity index (χ2v) is 4.72. The van der Waals surface area contributed by atoms with Crippen LogP contribution >= 0.6 is 0 Å². The average molecular weight is 268 g/mol. The van der Waals surface area contributed by atoms with Gasteiger partial charge in [0.1, 0.15) is 11.5 Å². The van der Waals surface area contributed by atoms with Gasteiger partial charge in [-0.15, -0.1) is 0 Å². The molecule has 3 N–H and O–H groups in total. The molecular weight excluding hydrogens is 244 g/mol. The standard InChI is InChI=1S/C14H24N2O3/c1-11(13-5-4-12(17)10-14(13)18)15-6-7-16(2)8-9-19-3/h4-5,10-11,15,17-18H,6-9H2,1-3H3. The van der Waals surface area contributed by atoms with Crippen molar-refractivity contribution in [3.05, 3.63) is 23.8 Å². The van der Waals surface area contributed by atoms with Crippen LogP contribution in [0.2, 0.25) is 0 Å². The Morgan fingerprint density at radius 3 is 2.68 bits per heavy atom. The third kappa shape index (κ3) is 5.46. The summed E-state index contributed by atoms with van der Waals surface area (Å²) in [4.78, 5) is 2.18. The van der Waals surface area contributed by atoms with Crippen molar-refractivity contribution in [2.24, 2.45) is 0 Å². The Morgan fingerprint density at radius 1 is 1.32 bits per heavy atom. The monoisotopic (exact) mass is 268 g/mol. The fraction of sp³-hybridized carbons (Fsp3) is 0.571. The summed E-state index contributed by atoms with van der Waals surface area (Å²) in [5, 5.41) is 22.4. The van der Waals surface area contributed by atoms with Crippen molar-refractivity contribution in [3.63, 3.8) is 0 Å². The number of benzene rings is 1. The Morgan fingerprint density at radius 2 is 2.05 bits per heavy atom. The first-order valence-corrected chi connectivity index (χ1v) is 6.47. The molecule has 1 unspecified atom stereocenters. The molecule has 0 aliphatic rings. The zero-order valence-electron chi connectivity index (χ0n) is 11.9. The Bertz CT molecular complexity index is 385. The maximum Gasteiger partial charge on any atom is 0.124 e. The molecule has 0 aliphatic carbocycles. The van der Waals surface area contributed by atoms with Gasteiger partial charge in [0.15, 0.2) is 0 Å². The lowest BCUT2D eigenvalue weighted by Crippen LogP contribution is -2.32. The highest BCUT2D eigenvalue weighted by atomic mass is 16.5. The summed E-state index contributed by atoms with van der Waals surface area (Å²) in [6, 6.07) is 4.71. The minimum Gasteiger partial charge on any atom is -0.508 e. The number of hydrogen-bond donors (Lipinski definition) is 3. The van der Waals surface area contributed by atoms with Crippen molar-refractivity contribution >= 4 is 0 Å². The van der Waals surface area contributed by atoms with E-state index in [1.807, 2.05) is 14.0 Å². The molecule has 0 aliphatic heterocycles. The molecule has 0 bridgehead atoms. The summed E-state index contributed by atoms with van der Waals surface area (Å²) in [6.07, 6.45) is 0. The number of nitrogens with zero attached hydrogens (tertiary/aromatic N) is 1. The molecule has 0 amide bonds. The Kier molecular flexibility index (Phi) is 6.62. The lowest BCUT2D eigenvalue weighted by Gasteiger charge is -2.19. The molecule has 1 atom stereocenters. The van der Waals surface area contributed by atoms with E-state index < -0.39 is 0 Å². The van der Waals surface area contributed by atoms with Gasteiger partial charge in [0.25, 0.3) is 0 Å². The lowest BCUT2D eigenvalue weighted by atomic mass is 10.1. The van der Waals surface area contributed by atoms with Crippen LogP contribution < -0.4 is 5.32 Å². The highest BCUT2D eigenvalue weighted by molar-refractivity contribution is 5.40. The molecule has 0 aromatic heterocycles. The predicted molar refractivity (Wildman–Crippen MR) is 75.6 cm³/mol. The zero-order chi connectivity index (χ0) is 14.3. The summed E-state index contributed by atoms with van der Waals surface area (Å²) < 4.78 is 5.02. The van der Waals surface area contributed by atoms with Crippen molar-refractivity contribution in [2.75, 3.05) is 40.4 Å². The Hall–Kier alpha value is -1.30. The maximum absolute atomic E-state index is 9.76. The third-order valence-corrected chi connectivity index (χ3v) is 3.10. The van der Waals surface area contributed by atoms with E-state index in [0.717, 1.165) is 31.8 Å². The van der Waals surface area contributed by atoms with Crippen molar-refractivity contribution in [1.82, 2.24) is 10.2 Å². The van der Waals surface area contributed by atoms with Crippen LogP contribution in [0.5, 0.6) is 11.5 Å². The van der Waals surface area contributed by atoms with E-state index in [1.54, 1.807) is 19.2 Å². The van der Waals surface area contributed by atoms with Crippen LogP contribution in [0.25, 0.3) is 0 Å². The van der Waals surface area contributed by atoms with Crippen LogP contribution in [0.1, 0.15) is 18.5 Å². The number of phenolic OH excluding ortho intramolecular Hbond substituents is 2. The predicted octanol–water partition coefficient (Wildman–Crippen LogP) is 1.33. The molecule has 108 valence electrons. The first-order chi connectivity index (χ1) is 9.04. The Balaban J connectivity index is 2.36. The van der Waals surface area contributed by atoms with E-state index in [2.05, 4.69) is 10.2 Å². The fourth-order valence-electron chi connectivity index (χ4n) is 1.84. The molecule has 1 aromatic rings. The number of hydrogen-bond acceptors (Lipinski definition) is 5. The minimum atomic E-state index is 0.0384. The van der Waals surface area contributed by atoms with Crippen LogP contribution in [0.15, 0.2) is 18.2 Å². The van der Waals surface area contributed by atoms with Crippen LogP contribution in [-0.2, 0) is 4.74 Å². The number of nitrogens with one attached hydrogen (secondary N) is 1. The quantitative estimate of drug-likeness (QED) is 0.664. The molecule has 0 heterocycles. The first kappa shape index (κ1) is 15.8. The smallest absolute Gasteiger partial charge is 0.124 e. The van der Waals surface area contributed by atoms with Crippen molar-refractivity contribution in [2.45, 2.75) is 13.0 Å². The van der Waals surface area contributed by atoms with E-state index in [0.29, 0.717) is 0 Å². The first-order valence-electron chi connectivity index (χ1n) is 6.47. The molecule has 19 heavy (non-hydrogen) atoms. The number of ether oxygens (including phenoxy) is 1. The lowest BCUT2D eigenvalue weighted by molar-refractivity contribution is 0.161. The molecule has 5 nitrogen and oxygen atoms in total. The fourth-order valence-corrected chi connectivity index (χ4v) is 1.84. The van der Waals surface area contributed by atoms with Gasteiger partial charge in [-0.05, 0) is 20.0 Å². The summed E-state index contributed by atoms with van der Waals surface area (Å²) in [5.41, 5.74) is 0.789. The molecule has 1 rings (SSSR count). The number of rotatable bonds is 8. The van der Waals surface area contributed by atoms with Gasteiger partial charge in [-0.3, -0.25) is 0 Å². The molecule has 0 saturated heterocycles. The molecule has 1 aromatic carbocycles. The molecular formula is C14H24N2O3. The van der Waals surface area contributed by atoms with E-state index in [1.165, 1.54) is 6.07 Å². The summed E-state index contributed by atoms with van der Waals surface area (Å²) in [6.45, 7) is 5.34. The van der Waals surface area contributed by atoms with Crippen LogP contribution in [0, 0.1) is 0 Å². The molecule has 0 fully saturated rings. The topological polar surface area (TPSA) is 65.0 Å². The van der Waals surface area contributed by atoms with Crippen LogP contribution in [0.4, 0.5) is 0 Å². The SMILES string of the molecule is COCCN(C)CCNC(C)c1ccc(O)cc1O. The van der Waals surface area contributed by atoms with Crippen molar-refractivity contribution in [1.29, 1.82) is 0 Å². The number of likely N-dealkylation sites (N-methyl/N-ethyl adjacent to an activating group) is 1. The maximum atomic E-state index is 9.76. The van der Waals surface area contributed by atoms with E-state index in [-0.39, 0.29) is 17.5 Å². The van der Waals surface area contributed by atoms with E-state index in [9.17, 15) is 10.2 Å².